The first-order valence-corrected chi connectivity index (χ1v) is 7.18. The predicted octanol–water partition coefficient (Wildman–Crippen LogP) is 1.02. The first-order valence-electron chi connectivity index (χ1n) is 7.18. The van der Waals surface area contributed by atoms with E-state index in [0.29, 0.717) is 12.6 Å². The molecule has 1 aliphatic rings. The lowest BCUT2D eigenvalue weighted by Gasteiger charge is -2.25. The molecule has 2 amide bonds. The zero-order valence-electron chi connectivity index (χ0n) is 13.3. The summed E-state index contributed by atoms with van der Waals surface area (Å²) in [4.78, 5) is 28.7. The number of likely N-dealkylation sites (tertiary alicyclic amines) is 1. The second-order valence-corrected chi connectivity index (χ2v) is 5.73. The Morgan fingerprint density at radius 3 is 2.55 bits per heavy atom. The smallest absolute Gasteiger partial charge is 0.409 e. The van der Waals surface area contributed by atoms with E-state index in [9.17, 15) is 9.59 Å². The summed E-state index contributed by atoms with van der Waals surface area (Å²) in [7, 11) is 3.60. The number of rotatable bonds is 5. The third-order valence-corrected chi connectivity index (χ3v) is 3.69. The second kappa shape index (κ2) is 7.47. The number of nitrogens with zero attached hydrogens (tertiary/aromatic N) is 3. The summed E-state index contributed by atoms with van der Waals surface area (Å²) >= 11 is 0. The third-order valence-electron chi connectivity index (χ3n) is 3.69. The summed E-state index contributed by atoms with van der Waals surface area (Å²) in [6, 6.07) is 0.292. The van der Waals surface area contributed by atoms with Crippen molar-refractivity contribution in [3.8, 4) is 0 Å². The minimum atomic E-state index is -0.281. The molecule has 0 radical (unpaired) electrons. The number of hydrogen-bond donors (Lipinski definition) is 0. The molecule has 0 aromatic rings. The first-order chi connectivity index (χ1) is 9.31. The van der Waals surface area contributed by atoms with Crippen LogP contribution in [0.2, 0.25) is 0 Å². The third kappa shape index (κ3) is 5.00. The standard InChI is InChI=1S/C14H27N3O3/c1-11(2)20-14(19)15(4)8-9-17-7-6-13(10-17)16(5)12(3)18/h11,13H,6-10H2,1-5H3. The van der Waals surface area contributed by atoms with E-state index in [1.54, 1.807) is 23.8 Å². The topological polar surface area (TPSA) is 53.1 Å². The van der Waals surface area contributed by atoms with E-state index in [4.69, 9.17) is 4.74 Å². The van der Waals surface area contributed by atoms with Crippen LogP contribution in [0.15, 0.2) is 0 Å². The Labute approximate surface area is 121 Å². The lowest BCUT2D eigenvalue weighted by Crippen LogP contribution is -2.40. The molecule has 0 bridgehead atoms. The number of carbonyl (C=O) groups is 2. The average molecular weight is 285 g/mol. The van der Waals surface area contributed by atoms with Crippen molar-refractivity contribution < 1.29 is 14.3 Å². The molecule has 1 heterocycles. The van der Waals surface area contributed by atoms with Crippen molar-refractivity contribution in [3.05, 3.63) is 0 Å². The van der Waals surface area contributed by atoms with Gasteiger partial charge in [-0.05, 0) is 20.3 Å². The van der Waals surface area contributed by atoms with Gasteiger partial charge in [0.1, 0.15) is 0 Å². The van der Waals surface area contributed by atoms with Crippen molar-refractivity contribution in [2.75, 3.05) is 40.3 Å². The van der Waals surface area contributed by atoms with E-state index in [2.05, 4.69) is 4.90 Å². The zero-order chi connectivity index (χ0) is 15.3. The molecule has 0 N–H and O–H groups in total. The molecule has 1 saturated heterocycles. The van der Waals surface area contributed by atoms with Crippen LogP contribution >= 0.6 is 0 Å². The summed E-state index contributed by atoms with van der Waals surface area (Å²) < 4.78 is 5.13. The molecule has 0 aromatic heterocycles. The van der Waals surface area contributed by atoms with Crippen LogP contribution in [0.4, 0.5) is 4.79 Å². The van der Waals surface area contributed by atoms with Gasteiger partial charge in [-0.25, -0.2) is 4.79 Å². The first kappa shape index (κ1) is 16.8. The molecule has 0 saturated carbocycles. The Hall–Kier alpha value is -1.30. The van der Waals surface area contributed by atoms with Gasteiger partial charge < -0.3 is 14.5 Å². The highest BCUT2D eigenvalue weighted by Crippen LogP contribution is 2.14. The van der Waals surface area contributed by atoms with E-state index >= 15 is 0 Å². The van der Waals surface area contributed by atoms with Gasteiger partial charge in [-0.3, -0.25) is 9.69 Å². The zero-order valence-corrected chi connectivity index (χ0v) is 13.3. The SMILES string of the molecule is CC(=O)N(C)C1CCN(CCN(C)C(=O)OC(C)C)C1. The van der Waals surface area contributed by atoms with Crippen molar-refractivity contribution >= 4 is 12.0 Å². The Bertz CT molecular complexity index is 347. The molecule has 6 nitrogen and oxygen atoms in total. The maximum Gasteiger partial charge on any atom is 0.409 e. The Balaban J connectivity index is 2.30. The van der Waals surface area contributed by atoms with E-state index in [1.807, 2.05) is 20.9 Å². The molecular formula is C14H27N3O3. The fourth-order valence-electron chi connectivity index (χ4n) is 2.26. The van der Waals surface area contributed by atoms with Gasteiger partial charge in [-0.1, -0.05) is 0 Å². The predicted molar refractivity (Wildman–Crippen MR) is 77.5 cm³/mol. The number of ether oxygens (including phenoxy) is 1. The number of amides is 2. The van der Waals surface area contributed by atoms with Crippen LogP contribution in [0, 0.1) is 0 Å². The van der Waals surface area contributed by atoms with Gasteiger partial charge in [0.2, 0.25) is 5.91 Å². The van der Waals surface area contributed by atoms with Crippen LogP contribution in [0.5, 0.6) is 0 Å². The maximum atomic E-state index is 11.7. The molecule has 0 aromatic carbocycles. The second-order valence-electron chi connectivity index (χ2n) is 5.73. The summed E-state index contributed by atoms with van der Waals surface area (Å²) in [5.41, 5.74) is 0. The van der Waals surface area contributed by atoms with Crippen LogP contribution in [0.25, 0.3) is 0 Å². The van der Waals surface area contributed by atoms with Crippen molar-refractivity contribution in [1.82, 2.24) is 14.7 Å². The Morgan fingerprint density at radius 2 is 2.00 bits per heavy atom. The summed E-state index contributed by atoms with van der Waals surface area (Å²) in [6.07, 6.45) is 0.623. The van der Waals surface area contributed by atoms with Crippen LogP contribution in [0.1, 0.15) is 27.2 Å². The molecular weight excluding hydrogens is 258 g/mol. The Morgan fingerprint density at radius 1 is 1.35 bits per heavy atom. The van der Waals surface area contributed by atoms with Gasteiger partial charge in [-0.15, -0.1) is 0 Å². The average Bonchev–Trinajstić information content (AvgIpc) is 2.82. The molecule has 1 rings (SSSR count). The van der Waals surface area contributed by atoms with Crippen LogP contribution in [-0.4, -0.2) is 79.1 Å². The summed E-state index contributed by atoms with van der Waals surface area (Å²) in [5, 5.41) is 0. The van der Waals surface area contributed by atoms with E-state index < -0.39 is 0 Å². The van der Waals surface area contributed by atoms with Crippen LogP contribution in [-0.2, 0) is 9.53 Å². The molecule has 1 fully saturated rings. The van der Waals surface area contributed by atoms with Gasteiger partial charge >= 0.3 is 6.09 Å². The largest absolute Gasteiger partial charge is 0.447 e. The molecule has 0 spiro atoms. The molecule has 1 unspecified atom stereocenters. The monoisotopic (exact) mass is 285 g/mol. The van der Waals surface area contributed by atoms with Crippen LogP contribution in [0.3, 0.4) is 0 Å². The number of carbonyl (C=O) groups excluding carboxylic acids is 2. The van der Waals surface area contributed by atoms with Gasteiger partial charge in [0.05, 0.1) is 6.10 Å². The Kier molecular flexibility index (Phi) is 6.26. The molecule has 6 heteroatoms. The van der Waals surface area contributed by atoms with Crippen molar-refractivity contribution in [1.29, 1.82) is 0 Å². The highest BCUT2D eigenvalue weighted by atomic mass is 16.6. The molecule has 0 aliphatic carbocycles. The minimum Gasteiger partial charge on any atom is -0.447 e. The van der Waals surface area contributed by atoms with E-state index in [-0.39, 0.29) is 18.1 Å². The fraction of sp³-hybridized carbons (Fsp3) is 0.857. The number of hydrogen-bond acceptors (Lipinski definition) is 4. The van der Waals surface area contributed by atoms with Gasteiger partial charge in [0, 0.05) is 53.2 Å². The number of likely N-dealkylation sites (N-methyl/N-ethyl adjacent to an activating group) is 2. The van der Waals surface area contributed by atoms with E-state index in [1.165, 1.54) is 0 Å². The fourth-order valence-corrected chi connectivity index (χ4v) is 2.26. The lowest BCUT2D eigenvalue weighted by molar-refractivity contribution is -0.129. The lowest BCUT2D eigenvalue weighted by atomic mass is 10.2. The molecule has 1 atom stereocenters. The highest BCUT2D eigenvalue weighted by molar-refractivity contribution is 5.73. The van der Waals surface area contributed by atoms with Gasteiger partial charge in [0.25, 0.3) is 0 Å². The van der Waals surface area contributed by atoms with Gasteiger partial charge in [0.15, 0.2) is 0 Å². The normalized spacial score (nSPS) is 19.2. The van der Waals surface area contributed by atoms with Crippen molar-refractivity contribution in [2.24, 2.45) is 0 Å². The van der Waals surface area contributed by atoms with Crippen molar-refractivity contribution in [3.63, 3.8) is 0 Å². The summed E-state index contributed by atoms with van der Waals surface area (Å²) in [6.45, 7) is 8.58. The molecule has 20 heavy (non-hydrogen) atoms. The molecule has 116 valence electrons. The highest BCUT2D eigenvalue weighted by Gasteiger charge is 2.27. The minimum absolute atomic E-state index is 0.0923. The van der Waals surface area contributed by atoms with Gasteiger partial charge in [-0.2, -0.15) is 0 Å². The quantitative estimate of drug-likeness (QED) is 0.756. The van der Waals surface area contributed by atoms with E-state index in [0.717, 1.165) is 26.1 Å². The summed E-state index contributed by atoms with van der Waals surface area (Å²) in [5.74, 6) is 0.106. The molecule has 1 aliphatic heterocycles. The maximum absolute atomic E-state index is 11.7. The van der Waals surface area contributed by atoms with Crippen molar-refractivity contribution in [2.45, 2.75) is 39.3 Å². The van der Waals surface area contributed by atoms with Crippen LogP contribution < -0.4 is 0 Å².